The summed E-state index contributed by atoms with van der Waals surface area (Å²) in [6.45, 7) is 7.62. The molecule has 0 saturated carbocycles. The third kappa shape index (κ3) is 5.65. The maximum Gasteiger partial charge on any atom is 0.255 e. The van der Waals surface area contributed by atoms with E-state index in [1.165, 1.54) is 11.1 Å². The van der Waals surface area contributed by atoms with Crippen LogP contribution < -0.4 is 14.8 Å². The fourth-order valence-corrected chi connectivity index (χ4v) is 4.20. The lowest BCUT2D eigenvalue weighted by Gasteiger charge is -2.17. The van der Waals surface area contributed by atoms with Gasteiger partial charge in [0.05, 0.1) is 36.4 Å². The number of hydrogen-bond acceptors (Lipinski definition) is 4. The molecular formula is C29H33N3O3. The number of benzene rings is 3. The Hall–Kier alpha value is -3.80. The molecule has 4 rings (SSSR count). The van der Waals surface area contributed by atoms with E-state index in [-0.39, 0.29) is 11.9 Å². The van der Waals surface area contributed by atoms with Crippen LogP contribution in [0.5, 0.6) is 11.5 Å². The Bertz CT molecular complexity index is 1310. The molecule has 0 bridgehead atoms. The summed E-state index contributed by atoms with van der Waals surface area (Å²) in [5.41, 5.74) is 5.00. The molecule has 1 unspecified atom stereocenters. The standard InChI is InChI=1S/C29H33N3O3/c1-20-15-16-23(19-21(20)2)35-18-10-9-17-32-26-13-7-6-12-25(26)31-28(32)22(3)30-29(33)24-11-5-8-14-27(24)34-4/h5-8,11-16,19,22H,9-10,17-18H2,1-4H3,(H,30,33). The quantitative estimate of drug-likeness (QED) is 0.288. The maximum absolute atomic E-state index is 13.0. The Balaban J connectivity index is 1.43. The Labute approximate surface area is 206 Å². The van der Waals surface area contributed by atoms with Gasteiger partial charge in [0.15, 0.2) is 0 Å². The number of nitrogens with one attached hydrogen (secondary N) is 1. The van der Waals surface area contributed by atoms with Gasteiger partial charge in [0.25, 0.3) is 5.91 Å². The van der Waals surface area contributed by atoms with E-state index >= 15 is 0 Å². The number of ether oxygens (including phenoxy) is 2. The van der Waals surface area contributed by atoms with Crippen molar-refractivity contribution >= 4 is 16.9 Å². The molecule has 182 valence electrons. The number of amides is 1. The van der Waals surface area contributed by atoms with E-state index in [4.69, 9.17) is 14.5 Å². The van der Waals surface area contributed by atoms with Crippen LogP contribution in [0.15, 0.2) is 66.7 Å². The average molecular weight is 472 g/mol. The van der Waals surface area contributed by atoms with Gasteiger partial charge in [-0.05, 0) is 81.1 Å². The van der Waals surface area contributed by atoms with Crippen molar-refractivity contribution in [1.82, 2.24) is 14.9 Å². The molecule has 0 spiro atoms. The number of nitrogens with zero attached hydrogens (tertiary/aromatic N) is 2. The molecule has 0 radical (unpaired) electrons. The normalized spacial score (nSPS) is 11.9. The molecule has 3 aromatic carbocycles. The van der Waals surface area contributed by atoms with E-state index in [9.17, 15) is 4.79 Å². The number of carbonyl (C=O) groups excluding carboxylic acids is 1. The number of rotatable bonds is 10. The van der Waals surface area contributed by atoms with Gasteiger partial charge in [0, 0.05) is 6.54 Å². The van der Waals surface area contributed by atoms with Crippen LogP contribution in [0.4, 0.5) is 0 Å². The van der Waals surface area contributed by atoms with Crippen molar-refractivity contribution in [3.05, 3.63) is 89.2 Å². The molecule has 1 amide bonds. The fraction of sp³-hybridized carbons (Fsp3) is 0.310. The third-order valence-electron chi connectivity index (χ3n) is 6.29. The summed E-state index contributed by atoms with van der Waals surface area (Å²) in [6, 6.07) is 21.2. The van der Waals surface area contributed by atoms with Crippen molar-refractivity contribution in [1.29, 1.82) is 0 Å². The predicted molar refractivity (Wildman–Crippen MR) is 139 cm³/mol. The second kappa shape index (κ2) is 11.1. The number of unbranched alkanes of at least 4 members (excludes halogenated alkanes) is 1. The van der Waals surface area contributed by atoms with E-state index in [0.717, 1.165) is 42.0 Å². The van der Waals surface area contributed by atoms with Gasteiger partial charge < -0.3 is 19.4 Å². The third-order valence-corrected chi connectivity index (χ3v) is 6.29. The highest BCUT2D eigenvalue weighted by Gasteiger charge is 2.20. The zero-order chi connectivity index (χ0) is 24.8. The zero-order valence-corrected chi connectivity index (χ0v) is 20.9. The fourth-order valence-electron chi connectivity index (χ4n) is 4.20. The van der Waals surface area contributed by atoms with Crippen LogP contribution in [0, 0.1) is 13.8 Å². The summed E-state index contributed by atoms with van der Waals surface area (Å²) in [4.78, 5) is 17.8. The van der Waals surface area contributed by atoms with Crippen molar-refractivity contribution < 1.29 is 14.3 Å². The zero-order valence-electron chi connectivity index (χ0n) is 20.9. The highest BCUT2D eigenvalue weighted by molar-refractivity contribution is 5.97. The van der Waals surface area contributed by atoms with Gasteiger partial charge in [-0.1, -0.05) is 30.3 Å². The molecule has 35 heavy (non-hydrogen) atoms. The molecule has 0 fully saturated rings. The first-order valence-electron chi connectivity index (χ1n) is 12.1. The molecule has 0 aliphatic rings. The van der Waals surface area contributed by atoms with Crippen LogP contribution in [0.2, 0.25) is 0 Å². The Morgan fingerprint density at radius 2 is 1.77 bits per heavy atom. The number of imidazole rings is 1. The molecule has 6 nitrogen and oxygen atoms in total. The summed E-state index contributed by atoms with van der Waals surface area (Å²) in [5.74, 6) is 2.11. The van der Waals surface area contributed by atoms with Crippen molar-refractivity contribution in [3.63, 3.8) is 0 Å². The Kier molecular flexibility index (Phi) is 7.70. The minimum Gasteiger partial charge on any atom is -0.496 e. The molecule has 0 aliphatic carbocycles. The van der Waals surface area contributed by atoms with Crippen LogP contribution in [-0.4, -0.2) is 29.2 Å². The summed E-state index contributed by atoms with van der Waals surface area (Å²) in [6.07, 6.45) is 1.85. The Morgan fingerprint density at radius 3 is 2.57 bits per heavy atom. The number of hydrogen-bond donors (Lipinski definition) is 1. The van der Waals surface area contributed by atoms with E-state index < -0.39 is 0 Å². The van der Waals surface area contributed by atoms with Gasteiger partial charge in [-0.15, -0.1) is 0 Å². The van der Waals surface area contributed by atoms with E-state index in [0.29, 0.717) is 17.9 Å². The highest BCUT2D eigenvalue weighted by atomic mass is 16.5. The molecule has 1 N–H and O–H groups in total. The first-order valence-corrected chi connectivity index (χ1v) is 12.1. The largest absolute Gasteiger partial charge is 0.496 e. The summed E-state index contributed by atoms with van der Waals surface area (Å²) in [7, 11) is 1.57. The van der Waals surface area contributed by atoms with Gasteiger partial charge in [0.2, 0.25) is 0 Å². The van der Waals surface area contributed by atoms with Crippen molar-refractivity contribution in [2.75, 3.05) is 13.7 Å². The molecule has 1 atom stereocenters. The van der Waals surface area contributed by atoms with Gasteiger partial charge in [-0.25, -0.2) is 4.98 Å². The molecule has 6 heteroatoms. The number of aryl methyl sites for hydroxylation is 3. The lowest BCUT2D eigenvalue weighted by Crippen LogP contribution is -2.29. The molecule has 4 aromatic rings. The first kappa shape index (κ1) is 24.3. The number of carbonyl (C=O) groups is 1. The molecular weight excluding hydrogens is 438 g/mol. The highest BCUT2D eigenvalue weighted by Crippen LogP contribution is 2.24. The SMILES string of the molecule is COc1ccccc1C(=O)NC(C)c1nc2ccccc2n1CCCCOc1ccc(C)c(C)c1. The van der Waals surface area contributed by atoms with Crippen LogP contribution in [-0.2, 0) is 6.54 Å². The second-order valence-corrected chi connectivity index (χ2v) is 8.81. The number of methoxy groups -OCH3 is 1. The number of para-hydroxylation sites is 3. The molecule has 0 aliphatic heterocycles. The maximum atomic E-state index is 13.0. The van der Waals surface area contributed by atoms with Gasteiger partial charge in [0.1, 0.15) is 17.3 Å². The van der Waals surface area contributed by atoms with Crippen molar-refractivity contribution in [2.45, 2.75) is 46.2 Å². The van der Waals surface area contributed by atoms with Crippen molar-refractivity contribution in [3.8, 4) is 11.5 Å². The first-order chi connectivity index (χ1) is 17.0. The molecule has 1 aromatic heterocycles. The van der Waals surface area contributed by atoms with Gasteiger partial charge in [-0.3, -0.25) is 4.79 Å². The van der Waals surface area contributed by atoms with Crippen LogP contribution in [0.25, 0.3) is 11.0 Å². The number of aromatic nitrogens is 2. The molecule has 1 heterocycles. The van der Waals surface area contributed by atoms with Gasteiger partial charge >= 0.3 is 0 Å². The minimum absolute atomic E-state index is 0.185. The molecule has 0 saturated heterocycles. The van der Waals surface area contributed by atoms with Crippen molar-refractivity contribution in [2.24, 2.45) is 0 Å². The van der Waals surface area contributed by atoms with Gasteiger partial charge in [-0.2, -0.15) is 0 Å². The van der Waals surface area contributed by atoms with Crippen LogP contribution in [0.1, 0.15) is 53.1 Å². The number of fused-ring (bicyclic) bond motifs is 1. The predicted octanol–water partition coefficient (Wildman–Crippen LogP) is 6.01. The minimum atomic E-state index is -0.272. The summed E-state index contributed by atoms with van der Waals surface area (Å²) < 4.78 is 13.5. The lowest BCUT2D eigenvalue weighted by atomic mass is 10.1. The smallest absolute Gasteiger partial charge is 0.255 e. The van der Waals surface area contributed by atoms with Crippen LogP contribution >= 0.6 is 0 Å². The summed E-state index contributed by atoms with van der Waals surface area (Å²) in [5, 5.41) is 3.09. The van der Waals surface area contributed by atoms with E-state index in [2.05, 4.69) is 41.9 Å². The van der Waals surface area contributed by atoms with E-state index in [1.54, 1.807) is 19.2 Å². The topological polar surface area (TPSA) is 65.4 Å². The monoisotopic (exact) mass is 471 g/mol. The average Bonchev–Trinajstić information content (AvgIpc) is 3.24. The lowest BCUT2D eigenvalue weighted by molar-refractivity contribution is 0.0934. The Morgan fingerprint density at radius 1 is 1.00 bits per heavy atom. The van der Waals surface area contributed by atoms with E-state index in [1.807, 2.05) is 43.3 Å². The van der Waals surface area contributed by atoms with Crippen LogP contribution in [0.3, 0.4) is 0 Å². The summed E-state index contributed by atoms with van der Waals surface area (Å²) >= 11 is 0. The second-order valence-electron chi connectivity index (χ2n) is 8.81.